The fraction of sp³-hybridized carbons (Fsp3) is 0.500. The van der Waals surface area contributed by atoms with E-state index in [0.29, 0.717) is 22.7 Å². The lowest BCUT2D eigenvalue weighted by molar-refractivity contribution is 0.00299. The highest BCUT2D eigenvalue weighted by molar-refractivity contribution is 6.33. The van der Waals surface area contributed by atoms with E-state index in [1.807, 2.05) is 6.92 Å². The molecule has 4 nitrogen and oxygen atoms in total. The van der Waals surface area contributed by atoms with E-state index in [2.05, 4.69) is 10.6 Å². The molecule has 0 radical (unpaired) electrons. The maximum absolute atomic E-state index is 11.6. The van der Waals surface area contributed by atoms with Gasteiger partial charge in [0.25, 0.3) is 5.91 Å². The Kier molecular flexibility index (Phi) is 4.66. The molecule has 1 aromatic carbocycles. The predicted molar refractivity (Wildman–Crippen MR) is 76.9 cm³/mol. The molecule has 0 saturated heterocycles. The van der Waals surface area contributed by atoms with Crippen LogP contribution in [0.2, 0.25) is 5.02 Å². The number of ether oxygens (including phenoxy) is 1. The molecule has 1 aliphatic rings. The second-order valence-electron chi connectivity index (χ2n) is 4.66. The van der Waals surface area contributed by atoms with Crippen LogP contribution in [0.1, 0.15) is 30.1 Å². The number of amides is 1. The molecule has 0 heterocycles. The fourth-order valence-electron chi connectivity index (χ4n) is 2.20. The predicted octanol–water partition coefficient (Wildman–Crippen LogP) is 2.68. The van der Waals surface area contributed by atoms with E-state index in [0.717, 1.165) is 25.1 Å². The first-order valence-electron chi connectivity index (χ1n) is 6.53. The highest BCUT2D eigenvalue weighted by atomic mass is 35.5. The molecular weight excluding hydrogens is 264 g/mol. The maximum Gasteiger partial charge on any atom is 0.251 e. The summed E-state index contributed by atoms with van der Waals surface area (Å²) >= 11 is 6.14. The minimum atomic E-state index is -0.111. The fourth-order valence-corrected chi connectivity index (χ4v) is 2.37. The van der Waals surface area contributed by atoms with Gasteiger partial charge in [0.15, 0.2) is 0 Å². The van der Waals surface area contributed by atoms with E-state index < -0.39 is 0 Å². The Balaban J connectivity index is 1.98. The molecule has 2 rings (SSSR count). The number of nitrogens with one attached hydrogen (secondary N) is 2. The van der Waals surface area contributed by atoms with Crippen LogP contribution in [0.4, 0.5) is 5.69 Å². The van der Waals surface area contributed by atoms with Gasteiger partial charge in [-0.15, -0.1) is 0 Å². The molecule has 5 heteroatoms. The molecule has 1 aliphatic carbocycles. The highest BCUT2D eigenvalue weighted by Gasteiger charge is 2.29. The summed E-state index contributed by atoms with van der Waals surface area (Å²) in [6.07, 6.45) is 2.31. The van der Waals surface area contributed by atoms with Crippen LogP contribution in [0.25, 0.3) is 0 Å². The average Bonchev–Trinajstić information content (AvgIpc) is 2.37. The van der Waals surface area contributed by atoms with Crippen LogP contribution in [-0.4, -0.2) is 31.7 Å². The van der Waals surface area contributed by atoms with Crippen molar-refractivity contribution in [3.8, 4) is 0 Å². The number of rotatable bonds is 5. The quantitative estimate of drug-likeness (QED) is 0.873. The SMILES string of the molecule is CCOC1CC(Nc2cc(C(=O)NC)ccc2Cl)C1. The number of carbonyl (C=O) groups is 1. The summed E-state index contributed by atoms with van der Waals surface area (Å²) in [6.45, 7) is 2.76. The molecule has 0 aliphatic heterocycles. The van der Waals surface area contributed by atoms with Gasteiger partial charge < -0.3 is 15.4 Å². The van der Waals surface area contributed by atoms with Gasteiger partial charge in [0, 0.05) is 25.3 Å². The highest BCUT2D eigenvalue weighted by Crippen LogP contribution is 2.30. The lowest BCUT2D eigenvalue weighted by Crippen LogP contribution is -2.40. The van der Waals surface area contributed by atoms with E-state index in [1.165, 1.54) is 0 Å². The van der Waals surface area contributed by atoms with Gasteiger partial charge in [0.2, 0.25) is 0 Å². The molecule has 0 atom stereocenters. The summed E-state index contributed by atoms with van der Waals surface area (Å²) in [4.78, 5) is 11.6. The summed E-state index contributed by atoms with van der Waals surface area (Å²) < 4.78 is 5.52. The zero-order valence-corrected chi connectivity index (χ0v) is 12.0. The molecule has 0 aromatic heterocycles. The zero-order valence-electron chi connectivity index (χ0n) is 11.2. The number of anilines is 1. The molecule has 1 amide bonds. The molecule has 19 heavy (non-hydrogen) atoms. The Labute approximate surface area is 118 Å². The van der Waals surface area contributed by atoms with Crippen molar-refractivity contribution >= 4 is 23.2 Å². The molecule has 0 spiro atoms. The van der Waals surface area contributed by atoms with Crippen LogP contribution in [0.3, 0.4) is 0 Å². The Morgan fingerprint density at radius 2 is 2.21 bits per heavy atom. The molecule has 0 unspecified atom stereocenters. The van der Waals surface area contributed by atoms with E-state index in [1.54, 1.807) is 25.2 Å². The first-order valence-corrected chi connectivity index (χ1v) is 6.91. The number of hydrogen-bond acceptors (Lipinski definition) is 3. The van der Waals surface area contributed by atoms with Crippen molar-refractivity contribution in [2.24, 2.45) is 0 Å². The van der Waals surface area contributed by atoms with Gasteiger partial charge in [-0.3, -0.25) is 4.79 Å². The van der Waals surface area contributed by atoms with Gasteiger partial charge >= 0.3 is 0 Å². The summed E-state index contributed by atoms with van der Waals surface area (Å²) in [5, 5.41) is 6.60. The summed E-state index contributed by atoms with van der Waals surface area (Å²) in [7, 11) is 1.61. The number of benzene rings is 1. The van der Waals surface area contributed by atoms with E-state index in [-0.39, 0.29) is 5.91 Å². The zero-order chi connectivity index (χ0) is 13.8. The Bertz CT molecular complexity index is 459. The first kappa shape index (κ1) is 14.2. The summed E-state index contributed by atoms with van der Waals surface area (Å²) in [5.74, 6) is -0.111. The third-order valence-corrected chi connectivity index (χ3v) is 3.64. The second-order valence-corrected chi connectivity index (χ2v) is 5.07. The smallest absolute Gasteiger partial charge is 0.251 e. The number of hydrogen-bond donors (Lipinski definition) is 2. The minimum absolute atomic E-state index is 0.111. The van der Waals surface area contributed by atoms with Crippen LogP contribution in [0, 0.1) is 0 Å². The van der Waals surface area contributed by atoms with Gasteiger partial charge in [-0.2, -0.15) is 0 Å². The topological polar surface area (TPSA) is 50.4 Å². The third kappa shape index (κ3) is 3.39. The summed E-state index contributed by atoms with van der Waals surface area (Å²) in [6, 6.07) is 5.62. The molecule has 2 N–H and O–H groups in total. The van der Waals surface area contributed by atoms with Crippen LogP contribution < -0.4 is 10.6 Å². The van der Waals surface area contributed by atoms with Crippen LogP contribution in [0.5, 0.6) is 0 Å². The second kappa shape index (κ2) is 6.26. The molecule has 1 saturated carbocycles. The van der Waals surface area contributed by atoms with Gasteiger partial charge in [0.05, 0.1) is 16.8 Å². The first-order chi connectivity index (χ1) is 9.13. The van der Waals surface area contributed by atoms with E-state index >= 15 is 0 Å². The summed E-state index contributed by atoms with van der Waals surface area (Å²) in [5.41, 5.74) is 1.41. The molecule has 104 valence electrons. The van der Waals surface area contributed by atoms with Gasteiger partial charge in [-0.1, -0.05) is 11.6 Å². The van der Waals surface area contributed by atoms with Crippen LogP contribution >= 0.6 is 11.6 Å². The Hall–Kier alpha value is -1.26. The van der Waals surface area contributed by atoms with Gasteiger partial charge in [-0.05, 0) is 38.0 Å². The van der Waals surface area contributed by atoms with E-state index in [9.17, 15) is 4.79 Å². The van der Waals surface area contributed by atoms with Crippen LogP contribution in [-0.2, 0) is 4.74 Å². The lowest BCUT2D eigenvalue weighted by Gasteiger charge is -2.36. The largest absolute Gasteiger partial charge is 0.381 e. The Morgan fingerprint density at radius 3 is 2.84 bits per heavy atom. The lowest BCUT2D eigenvalue weighted by atomic mass is 9.89. The minimum Gasteiger partial charge on any atom is -0.381 e. The standard InChI is InChI=1S/C14H19ClN2O2/c1-3-19-11-7-10(8-11)17-13-6-9(14(18)16-2)4-5-12(13)15/h4-6,10-11,17H,3,7-8H2,1-2H3,(H,16,18). The van der Waals surface area contributed by atoms with Crippen molar-refractivity contribution in [2.75, 3.05) is 19.0 Å². The molecule has 1 aromatic rings. The Morgan fingerprint density at radius 1 is 1.47 bits per heavy atom. The van der Waals surface area contributed by atoms with Crippen molar-refractivity contribution in [1.82, 2.24) is 5.32 Å². The normalized spacial score (nSPS) is 21.6. The molecule has 0 bridgehead atoms. The molecular formula is C14H19ClN2O2. The van der Waals surface area contributed by atoms with Crippen molar-refractivity contribution in [3.05, 3.63) is 28.8 Å². The van der Waals surface area contributed by atoms with Gasteiger partial charge in [0.1, 0.15) is 0 Å². The van der Waals surface area contributed by atoms with Crippen molar-refractivity contribution < 1.29 is 9.53 Å². The van der Waals surface area contributed by atoms with Crippen molar-refractivity contribution in [1.29, 1.82) is 0 Å². The van der Waals surface area contributed by atoms with E-state index in [4.69, 9.17) is 16.3 Å². The average molecular weight is 283 g/mol. The van der Waals surface area contributed by atoms with Gasteiger partial charge in [-0.25, -0.2) is 0 Å². The van der Waals surface area contributed by atoms with Crippen LogP contribution in [0.15, 0.2) is 18.2 Å². The number of halogens is 1. The monoisotopic (exact) mass is 282 g/mol. The third-order valence-electron chi connectivity index (χ3n) is 3.31. The number of carbonyl (C=O) groups excluding carboxylic acids is 1. The van der Waals surface area contributed by atoms with Crippen molar-refractivity contribution in [3.63, 3.8) is 0 Å². The van der Waals surface area contributed by atoms with Crippen molar-refractivity contribution in [2.45, 2.75) is 31.9 Å². The maximum atomic E-state index is 11.6. The molecule has 1 fully saturated rings.